The average molecular weight is 481 g/mol. The fourth-order valence-electron chi connectivity index (χ4n) is 8.22. The minimum Gasteiger partial charge on any atom is -0.456 e. The second kappa shape index (κ2) is 7.93. The van der Waals surface area contributed by atoms with Crippen LogP contribution < -0.4 is 0 Å². The van der Waals surface area contributed by atoms with Crippen molar-refractivity contribution in [3.8, 4) is 0 Å². The maximum Gasteiger partial charge on any atom is 0.333 e. The van der Waals surface area contributed by atoms with Crippen LogP contribution in [0.4, 0.5) is 0 Å². The van der Waals surface area contributed by atoms with Crippen LogP contribution in [0.25, 0.3) is 0 Å². The van der Waals surface area contributed by atoms with E-state index in [-0.39, 0.29) is 34.6 Å². The van der Waals surface area contributed by atoms with Crippen molar-refractivity contribution >= 4 is 11.9 Å². The molecular weight excluding hydrogens is 440 g/mol. The van der Waals surface area contributed by atoms with E-state index in [9.17, 15) is 14.7 Å². The molecular formula is C30H40O5. The summed E-state index contributed by atoms with van der Waals surface area (Å²) < 4.78 is 11.5. The molecule has 0 unspecified atom stereocenters. The van der Waals surface area contributed by atoms with E-state index in [4.69, 9.17) is 9.47 Å². The summed E-state index contributed by atoms with van der Waals surface area (Å²) in [5, 5.41) is 11.9. The Morgan fingerprint density at radius 3 is 2.51 bits per heavy atom. The number of hydrogen-bond donors (Lipinski definition) is 1. The molecule has 1 N–H and O–H groups in total. The van der Waals surface area contributed by atoms with Crippen molar-refractivity contribution in [2.45, 2.75) is 104 Å². The minimum absolute atomic E-state index is 0.0369. The van der Waals surface area contributed by atoms with Crippen molar-refractivity contribution in [2.24, 2.45) is 22.7 Å². The Morgan fingerprint density at radius 2 is 1.80 bits per heavy atom. The van der Waals surface area contributed by atoms with Gasteiger partial charge in [-0.05, 0) is 94.1 Å². The first-order valence-corrected chi connectivity index (χ1v) is 13.2. The maximum atomic E-state index is 12.3. The first-order valence-electron chi connectivity index (χ1n) is 13.2. The molecule has 2 heterocycles. The third-order valence-corrected chi connectivity index (χ3v) is 10.5. The number of rotatable bonds is 2. The molecule has 5 heteroatoms. The summed E-state index contributed by atoms with van der Waals surface area (Å²) in [7, 11) is 0. The molecule has 5 rings (SSSR count). The SMILES string of the molecule is CC1=CC[C@H]([C@](C)(O)[C@H]2CC[C@@]3(C)C4=C(C=C5C=CC(=O)OC(C)(C)[C@@H]5CC4)CC[C@]23C)OC1=O. The third-order valence-electron chi connectivity index (χ3n) is 10.5. The Labute approximate surface area is 209 Å². The Bertz CT molecular complexity index is 1090. The van der Waals surface area contributed by atoms with Crippen molar-refractivity contribution in [3.63, 3.8) is 0 Å². The molecule has 0 bridgehead atoms. The zero-order valence-corrected chi connectivity index (χ0v) is 22.1. The maximum absolute atomic E-state index is 12.3. The van der Waals surface area contributed by atoms with Gasteiger partial charge < -0.3 is 14.6 Å². The smallest absolute Gasteiger partial charge is 0.333 e. The standard InChI is InChI=1S/C30H40O5/c1-18-7-11-24(34-26(18)32)30(6,33)23-14-16-28(4)22-10-9-21-19(8-12-25(31)35-27(21,2)3)17-20(22)13-15-29(23,28)5/h7-8,12,17,21,23-24,33H,9-11,13-16H2,1-6H3/t21-,23+,24-,28+,29-,30-/m1/s1. The minimum atomic E-state index is -1.09. The van der Waals surface area contributed by atoms with Crippen LogP contribution in [0, 0.1) is 22.7 Å². The largest absolute Gasteiger partial charge is 0.456 e. The molecule has 3 aliphatic carbocycles. The highest BCUT2D eigenvalue weighted by atomic mass is 16.6. The number of carbonyl (C=O) groups excluding carboxylic acids is 2. The van der Waals surface area contributed by atoms with Crippen molar-refractivity contribution in [2.75, 3.05) is 0 Å². The van der Waals surface area contributed by atoms with E-state index < -0.39 is 17.3 Å². The molecule has 5 nitrogen and oxygen atoms in total. The normalized spacial score (nSPS) is 40.1. The summed E-state index contributed by atoms with van der Waals surface area (Å²) in [6, 6.07) is 0. The molecule has 6 atom stereocenters. The molecule has 2 aliphatic heterocycles. The monoisotopic (exact) mass is 480 g/mol. The first kappa shape index (κ1) is 24.5. The van der Waals surface area contributed by atoms with E-state index >= 15 is 0 Å². The van der Waals surface area contributed by atoms with Gasteiger partial charge in [-0.25, -0.2) is 9.59 Å². The second-order valence-electron chi connectivity index (χ2n) is 12.7. The van der Waals surface area contributed by atoms with Gasteiger partial charge in [-0.15, -0.1) is 0 Å². The highest BCUT2D eigenvalue weighted by molar-refractivity contribution is 5.88. The van der Waals surface area contributed by atoms with E-state index in [2.05, 4.69) is 19.9 Å². The van der Waals surface area contributed by atoms with Crippen LogP contribution in [0.2, 0.25) is 0 Å². The number of esters is 2. The van der Waals surface area contributed by atoms with E-state index in [1.165, 1.54) is 16.7 Å². The molecule has 1 fully saturated rings. The van der Waals surface area contributed by atoms with Gasteiger partial charge in [0, 0.05) is 24.0 Å². The predicted molar refractivity (Wildman–Crippen MR) is 134 cm³/mol. The summed E-state index contributed by atoms with van der Waals surface area (Å²) >= 11 is 0. The van der Waals surface area contributed by atoms with Crippen molar-refractivity contribution < 1.29 is 24.2 Å². The summed E-state index contributed by atoms with van der Waals surface area (Å²) in [5.41, 5.74) is 2.95. The first-order chi connectivity index (χ1) is 16.3. The van der Waals surface area contributed by atoms with Crippen LogP contribution in [0.1, 0.15) is 86.5 Å². The third kappa shape index (κ3) is 3.60. The highest BCUT2D eigenvalue weighted by Crippen LogP contribution is 2.69. The lowest BCUT2D eigenvalue weighted by molar-refractivity contribution is -0.178. The summed E-state index contributed by atoms with van der Waals surface area (Å²) in [6.07, 6.45) is 13.6. The van der Waals surface area contributed by atoms with Crippen molar-refractivity contribution in [1.82, 2.24) is 0 Å². The lowest BCUT2D eigenvalue weighted by atomic mass is 9.52. The molecule has 0 spiro atoms. The molecule has 190 valence electrons. The van der Waals surface area contributed by atoms with Gasteiger partial charge in [0.1, 0.15) is 17.3 Å². The molecule has 1 saturated carbocycles. The Kier molecular flexibility index (Phi) is 5.56. The van der Waals surface area contributed by atoms with Crippen LogP contribution in [-0.2, 0) is 19.1 Å². The van der Waals surface area contributed by atoms with Gasteiger partial charge in [0.15, 0.2) is 0 Å². The van der Waals surface area contributed by atoms with Gasteiger partial charge in [0.25, 0.3) is 0 Å². The van der Waals surface area contributed by atoms with Gasteiger partial charge in [0.2, 0.25) is 0 Å². The van der Waals surface area contributed by atoms with Gasteiger partial charge in [-0.2, -0.15) is 0 Å². The zero-order chi connectivity index (χ0) is 25.4. The number of allylic oxidation sites excluding steroid dienone is 4. The quantitative estimate of drug-likeness (QED) is 0.510. The van der Waals surface area contributed by atoms with E-state index in [0.717, 1.165) is 38.5 Å². The summed E-state index contributed by atoms with van der Waals surface area (Å²) in [6.45, 7) is 12.5. The predicted octanol–water partition coefficient (Wildman–Crippen LogP) is 5.74. The second-order valence-corrected chi connectivity index (χ2v) is 12.7. The molecule has 0 aromatic heterocycles. The van der Waals surface area contributed by atoms with Gasteiger partial charge in [-0.1, -0.05) is 37.6 Å². The van der Waals surface area contributed by atoms with E-state index in [0.29, 0.717) is 12.0 Å². The summed E-state index contributed by atoms with van der Waals surface area (Å²) in [4.78, 5) is 24.4. The molecule has 0 saturated heterocycles. The topological polar surface area (TPSA) is 72.8 Å². The lowest BCUT2D eigenvalue weighted by Crippen LogP contribution is -2.55. The molecule has 0 amide bonds. The van der Waals surface area contributed by atoms with Gasteiger partial charge in [0.05, 0.1) is 0 Å². The van der Waals surface area contributed by atoms with Crippen LogP contribution in [-0.4, -0.2) is 34.4 Å². The van der Waals surface area contributed by atoms with Crippen LogP contribution >= 0.6 is 0 Å². The number of ether oxygens (including phenoxy) is 2. The number of aliphatic hydroxyl groups is 1. The van der Waals surface area contributed by atoms with Gasteiger partial charge in [-0.3, -0.25) is 0 Å². The van der Waals surface area contributed by atoms with Gasteiger partial charge >= 0.3 is 11.9 Å². The molecule has 0 radical (unpaired) electrons. The van der Waals surface area contributed by atoms with Crippen LogP contribution in [0.5, 0.6) is 0 Å². The fourth-order valence-corrected chi connectivity index (χ4v) is 8.22. The Hall–Kier alpha value is -2.14. The number of cyclic esters (lactones) is 2. The fraction of sp³-hybridized carbons (Fsp3) is 0.667. The van der Waals surface area contributed by atoms with Crippen molar-refractivity contribution in [1.29, 1.82) is 0 Å². The molecule has 35 heavy (non-hydrogen) atoms. The van der Waals surface area contributed by atoms with Crippen LogP contribution in [0.15, 0.2) is 46.6 Å². The Morgan fingerprint density at radius 1 is 1.06 bits per heavy atom. The Balaban J connectivity index is 1.50. The van der Waals surface area contributed by atoms with Crippen LogP contribution in [0.3, 0.4) is 0 Å². The molecule has 0 aromatic rings. The number of carbonyl (C=O) groups is 2. The van der Waals surface area contributed by atoms with Crippen molar-refractivity contribution in [3.05, 3.63) is 46.6 Å². The average Bonchev–Trinajstić information content (AvgIpc) is 2.88. The summed E-state index contributed by atoms with van der Waals surface area (Å²) in [5.74, 6) is -0.387. The zero-order valence-electron chi connectivity index (χ0n) is 22.1. The lowest BCUT2D eigenvalue weighted by Gasteiger charge is -2.54. The number of fused-ring (bicyclic) bond motifs is 3. The van der Waals surface area contributed by atoms with E-state index in [1.54, 1.807) is 13.0 Å². The van der Waals surface area contributed by atoms with E-state index in [1.807, 2.05) is 32.9 Å². The number of hydrogen-bond acceptors (Lipinski definition) is 5. The molecule has 5 aliphatic rings. The highest BCUT2D eigenvalue weighted by Gasteiger charge is 2.63. The molecule has 0 aromatic carbocycles.